The maximum atomic E-state index is 13.9. The number of benzene rings is 3. The highest BCUT2D eigenvalue weighted by atomic mass is 32.2. The van der Waals surface area contributed by atoms with Crippen LogP contribution in [0.15, 0.2) is 95.9 Å². The normalized spacial score (nSPS) is 15.7. The third-order valence-corrected chi connectivity index (χ3v) is 9.95. The number of ether oxygens (including phenoxy) is 1. The zero-order valence-corrected chi connectivity index (χ0v) is 28.4. The average molecular weight is 704 g/mol. The van der Waals surface area contributed by atoms with E-state index in [2.05, 4.69) is 15.6 Å². The predicted octanol–water partition coefficient (Wildman–Crippen LogP) is 2.41. The second-order valence-corrected chi connectivity index (χ2v) is 14.0. The molecule has 0 radical (unpaired) electrons. The fourth-order valence-electron chi connectivity index (χ4n) is 5.52. The van der Waals surface area contributed by atoms with Crippen molar-refractivity contribution in [1.82, 2.24) is 20.1 Å². The van der Waals surface area contributed by atoms with Gasteiger partial charge in [-0.1, -0.05) is 76.8 Å². The molecule has 5 rings (SSSR count). The van der Waals surface area contributed by atoms with E-state index in [0.29, 0.717) is 31.6 Å². The lowest BCUT2D eigenvalue weighted by Gasteiger charge is -2.33. The molecule has 1 aliphatic rings. The highest BCUT2D eigenvalue weighted by Gasteiger charge is 2.35. The van der Waals surface area contributed by atoms with Crippen molar-refractivity contribution in [3.8, 4) is 0 Å². The third-order valence-electron chi connectivity index (χ3n) is 8.31. The Morgan fingerprint density at radius 1 is 0.960 bits per heavy atom. The Bertz CT molecular complexity index is 1890. The van der Waals surface area contributed by atoms with Gasteiger partial charge in [-0.15, -0.1) is 0 Å². The van der Waals surface area contributed by atoms with Gasteiger partial charge >= 0.3 is 0 Å². The van der Waals surface area contributed by atoms with E-state index in [9.17, 15) is 27.9 Å². The molecule has 1 fully saturated rings. The van der Waals surface area contributed by atoms with Gasteiger partial charge in [0.2, 0.25) is 11.8 Å². The number of nitrogens with two attached hydrogens (primary N) is 1. The molecule has 50 heavy (non-hydrogen) atoms. The first-order chi connectivity index (χ1) is 24.0. The summed E-state index contributed by atoms with van der Waals surface area (Å²) in [7, 11) is -4.27. The fraction of sp³-hybridized carbons (Fsp3) is 0.333. The van der Waals surface area contributed by atoms with Crippen molar-refractivity contribution in [1.29, 1.82) is 0 Å². The number of aliphatic hydroxyl groups excluding tert-OH is 1. The van der Waals surface area contributed by atoms with Gasteiger partial charge in [0.15, 0.2) is 0 Å². The number of fused-ring (bicyclic) bond motifs is 1. The van der Waals surface area contributed by atoms with E-state index in [1.807, 2.05) is 25.1 Å². The Hall–Kier alpha value is -4.73. The second-order valence-electron chi connectivity index (χ2n) is 12.2. The monoisotopic (exact) mass is 703 g/mol. The molecule has 2 heterocycles. The smallest absolute Gasteiger partial charge is 0.270 e. The zero-order chi connectivity index (χ0) is 35.7. The minimum Gasteiger partial charge on any atom is -0.389 e. The van der Waals surface area contributed by atoms with E-state index in [1.54, 1.807) is 54.6 Å². The molecular formula is C36H41N5O8S. The molecule has 13 nitrogen and oxygen atoms in total. The summed E-state index contributed by atoms with van der Waals surface area (Å²) in [5.74, 6) is -2.37. The van der Waals surface area contributed by atoms with Gasteiger partial charge in [0, 0.05) is 18.6 Å². The van der Waals surface area contributed by atoms with Gasteiger partial charge in [-0.2, -0.15) is 0 Å². The molecule has 4 aromatic rings. The van der Waals surface area contributed by atoms with E-state index in [1.165, 1.54) is 18.2 Å². The van der Waals surface area contributed by atoms with Gasteiger partial charge in [-0.05, 0) is 56.0 Å². The molecule has 5 N–H and O–H groups in total. The number of hydrogen-bond acceptors (Lipinski definition) is 9. The van der Waals surface area contributed by atoms with Crippen LogP contribution in [0.3, 0.4) is 0 Å². The van der Waals surface area contributed by atoms with E-state index in [-0.39, 0.29) is 17.0 Å². The molecule has 3 amide bonds. The van der Waals surface area contributed by atoms with Crippen molar-refractivity contribution in [2.75, 3.05) is 19.8 Å². The SMILES string of the molecule is Cc1ccc(S(=O)(=O)N(C[C@@H](O)[C@H](Cc2ccccc2)NC(=O)[C@H](CC(N)=O)NC(=O)c2ccc3ccccc3n2)OC2CCOCC2)cc1. The molecular weight excluding hydrogens is 662 g/mol. The molecule has 264 valence electrons. The number of amides is 3. The molecule has 3 atom stereocenters. The number of hydrogen-bond donors (Lipinski definition) is 4. The Balaban J connectivity index is 1.39. The van der Waals surface area contributed by atoms with Crippen LogP contribution in [0.5, 0.6) is 0 Å². The van der Waals surface area contributed by atoms with Crippen molar-refractivity contribution in [3.63, 3.8) is 0 Å². The molecule has 14 heteroatoms. The maximum absolute atomic E-state index is 13.9. The van der Waals surface area contributed by atoms with Crippen LogP contribution in [0.1, 0.15) is 40.9 Å². The van der Waals surface area contributed by atoms with Crippen LogP contribution in [0.4, 0.5) is 0 Å². The van der Waals surface area contributed by atoms with Crippen molar-refractivity contribution < 1.29 is 37.5 Å². The topological polar surface area (TPSA) is 190 Å². The number of hydroxylamine groups is 1. The molecule has 1 aliphatic heterocycles. The Morgan fingerprint density at radius 3 is 2.34 bits per heavy atom. The summed E-state index contributed by atoms with van der Waals surface area (Å²) in [6, 6.07) is 23.1. The molecule has 0 bridgehead atoms. The van der Waals surface area contributed by atoms with E-state index in [0.717, 1.165) is 21.0 Å². The number of nitrogens with one attached hydrogen (secondary N) is 2. The number of para-hydroxylation sites is 1. The largest absolute Gasteiger partial charge is 0.389 e. The van der Waals surface area contributed by atoms with Gasteiger partial charge < -0.3 is 26.2 Å². The number of pyridine rings is 1. The van der Waals surface area contributed by atoms with Crippen LogP contribution in [-0.2, 0) is 35.6 Å². The summed E-state index contributed by atoms with van der Waals surface area (Å²) in [6.45, 7) is 2.07. The molecule has 3 aromatic carbocycles. The summed E-state index contributed by atoms with van der Waals surface area (Å²) >= 11 is 0. The first-order valence-corrected chi connectivity index (χ1v) is 17.7. The number of nitrogens with zero attached hydrogens (tertiary/aromatic N) is 2. The van der Waals surface area contributed by atoms with Gasteiger partial charge in [-0.3, -0.25) is 19.2 Å². The second kappa shape index (κ2) is 16.8. The molecule has 1 saturated heterocycles. The van der Waals surface area contributed by atoms with E-state index < -0.39 is 65.0 Å². The lowest BCUT2D eigenvalue weighted by atomic mass is 10.00. The first-order valence-electron chi connectivity index (χ1n) is 16.3. The van der Waals surface area contributed by atoms with Crippen molar-refractivity contribution in [2.45, 2.75) is 61.8 Å². The molecule has 0 spiro atoms. The van der Waals surface area contributed by atoms with E-state index in [4.69, 9.17) is 15.3 Å². The zero-order valence-electron chi connectivity index (χ0n) is 27.6. The third kappa shape index (κ3) is 9.70. The summed E-state index contributed by atoms with van der Waals surface area (Å²) in [5, 5.41) is 17.8. The minimum atomic E-state index is -4.27. The lowest BCUT2D eigenvalue weighted by molar-refractivity contribution is -0.170. The quantitative estimate of drug-likeness (QED) is 0.135. The Labute approximate surface area is 290 Å². The van der Waals surface area contributed by atoms with Crippen LogP contribution in [0.25, 0.3) is 10.9 Å². The molecule has 0 aliphatic carbocycles. The molecule has 1 aromatic heterocycles. The average Bonchev–Trinajstić information content (AvgIpc) is 3.11. The minimum absolute atomic E-state index is 0.0223. The Kier molecular flexibility index (Phi) is 12.3. The number of carbonyl (C=O) groups is 3. The molecule has 0 unspecified atom stereocenters. The van der Waals surface area contributed by atoms with Crippen molar-refractivity contribution in [3.05, 3.63) is 108 Å². The van der Waals surface area contributed by atoms with E-state index >= 15 is 0 Å². The lowest BCUT2D eigenvalue weighted by Crippen LogP contribution is -2.56. The first kappa shape index (κ1) is 36.5. The summed E-state index contributed by atoms with van der Waals surface area (Å²) < 4.78 is 34.0. The van der Waals surface area contributed by atoms with Crippen LogP contribution < -0.4 is 16.4 Å². The van der Waals surface area contributed by atoms with Crippen LogP contribution in [0, 0.1) is 6.92 Å². The summed E-state index contributed by atoms with van der Waals surface area (Å²) in [5.41, 5.74) is 7.64. The fourth-order valence-corrected chi connectivity index (χ4v) is 6.82. The van der Waals surface area contributed by atoms with Crippen LogP contribution in [-0.4, -0.2) is 84.7 Å². The van der Waals surface area contributed by atoms with Crippen LogP contribution >= 0.6 is 0 Å². The van der Waals surface area contributed by atoms with Gasteiger partial charge in [0.05, 0.1) is 41.6 Å². The standard InChI is InChI=1S/C36H41N5O8S/c1-24-11-14-28(15-12-24)50(46,47)41(49-27-17-19-48-20-18-27)23-33(42)31(21-25-7-3-2-4-8-25)39-36(45)32(22-34(37)43)40-35(44)30-16-13-26-9-5-6-10-29(26)38-30/h2-16,27,31-33,42H,17-23H2,1H3,(H2,37,43)(H,39,45)(H,40,44)/t31-,32-,33+/m0/s1. The van der Waals surface area contributed by atoms with Gasteiger partial charge in [-0.25, -0.2) is 13.4 Å². The molecule has 0 saturated carbocycles. The highest BCUT2D eigenvalue weighted by Crippen LogP contribution is 2.23. The maximum Gasteiger partial charge on any atom is 0.270 e. The predicted molar refractivity (Wildman–Crippen MR) is 185 cm³/mol. The van der Waals surface area contributed by atoms with Gasteiger partial charge in [0.1, 0.15) is 11.7 Å². The Morgan fingerprint density at radius 2 is 1.64 bits per heavy atom. The number of aliphatic hydroxyl groups is 1. The number of primary amides is 1. The number of rotatable bonds is 15. The van der Waals surface area contributed by atoms with Gasteiger partial charge in [0.25, 0.3) is 15.9 Å². The summed E-state index contributed by atoms with van der Waals surface area (Å²) in [6.07, 6.45) is -1.57. The van der Waals surface area contributed by atoms with Crippen molar-refractivity contribution >= 4 is 38.6 Å². The summed E-state index contributed by atoms with van der Waals surface area (Å²) in [4.78, 5) is 49.4. The van der Waals surface area contributed by atoms with Crippen LogP contribution in [0.2, 0.25) is 0 Å². The number of carbonyl (C=O) groups excluding carboxylic acids is 3. The number of aromatic nitrogens is 1. The number of sulfonamides is 1. The van der Waals surface area contributed by atoms with Crippen molar-refractivity contribution in [2.24, 2.45) is 5.73 Å². The highest BCUT2D eigenvalue weighted by molar-refractivity contribution is 7.89. The number of aryl methyl sites for hydroxylation is 1.